The highest BCUT2D eigenvalue weighted by Gasteiger charge is 2.40. The van der Waals surface area contributed by atoms with Crippen LogP contribution in [0.3, 0.4) is 0 Å². The number of fused-ring (bicyclic) bond motifs is 1. The molecular weight excluding hydrogens is 573 g/mol. The minimum absolute atomic E-state index is 0.00429. The molecule has 4 aromatic rings. The number of aliphatic hydroxyl groups is 1. The molecule has 2 fully saturated rings. The molecule has 4 N–H and O–H groups in total. The zero-order chi connectivity index (χ0) is 29.4. The zero-order valence-electron chi connectivity index (χ0n) is 23.6. The molecule has 0 radical (unpaired) electrons. The Morgan fingerprint density at radius 3 is 2.52 bits per heavy atom. The lowest BCUT2D eigenvalue weighted by molar-refractivity contribution is -0.125. The van der Waals surface area contributed by atoms with E-state index in [1.165, 1.54) is 0 Å². The third kappa shape index (κ3) is 5.08. The number of nitrogens with one attached hydrogen (secondary N) is 1. The van der Waals surface area contributed by atoms with Crippen molar-refractivity contribution in [3.63, 3.8) is 0 Å². The van der Waals surface area contributed by atoms with E-state index in [0.29, 0.717) is 53.9 Å². The van der Waals surface area contributed by atoms with Gasteiger partial charge in [-0.25, -0.2) is 4.98 Å². The highest BCUT2D eigenvalue weighted by Crippen LogP contribution is 2.41. The van der Waals surface area contributed by atoms with E-state index in [2.05, 4.69) is 21.2 Å². The van der Waals surface area contributed by atoms with E-state index in [-0.39, 0.29) is 18.6 Å². The van der Waals surface area contributed by atoms with Crippen LogP contribution < -0.4 is 20.9 Å². The monoisotopic (exact) mass is 607 g/mol. The fourth-order valence-corrected chi connectivity index (χ4v) is 6.73. The summed E-state index contributed by atoms with van der Waals surface area (Å²) in [5, 5.41) is 19.9. The van der Waals surface area contributed by atoms with Gasteiger partial charge in [-0.1, -0.05) is 60.5 Å². The van der Waals surface area contributed by atoms with Crippen molar-refractivity contribution < 1.29 is 9.90 Å². The standard InChI is InChI=1S/C31H35Cl2N7O2/c1-2-35-31(30(34)42)13-16-38(17-14-31)26-18-25(39-15-5-6-22(39)19-41)36-29-27(20-9-11-21(32)12-10-20)28(37-40(26)29)23-7-3-4-8-24(23)33/h3-4,7-12,18,22,35,41H,2,5-6,13-17,19H2,1H3,(H2,34,42)/t22-/m0/s1. The lowest BCUT2D eigenvalue weighted by Gasteiger charge is -2.41. The van der Waals surface area contributed by atoms with Gasteiger partial charge in [-0.15, -0.1) is 0 Å². The van der Waals surface area contributed by atoms with Crippen molar-refractivity contribution >= 4 is 46.4 Å². The van der Waals surface area contributed by atoms with E-state index in [9.17, 15) is 9.90 Å². The molecule has 6 rings (SSSR count). The summed E-state index contributed by atoms with van der Waals surface area (Å²) in [5.74, 6) is 1.33. The minimum atomic E-state index is -0.738. The Hall–Kier alpha value is -3.37. The second-order valence-corrected chi connectivity index (χ2v) is 11.9. The Bertz CT molecular complexity index is 1600. The van der Waals surface area contributed by atoms with Gasteiger partial charge >= 0.3 is 0 Å². The van der Waals surface area contributed by atoms with Gasteiger partial charge in [0, 0.05) is 36.3 Å². The van der Waals surface area contributed by atoms with Gasteiger partial charge in [0.05, 0.1) is 23.2 Å². The van der Waals surface area contributed by atoms with E-state index in [4.69, 9.17) is 39.0 Å². The third-order valence-electron chi connectivity index (χ3n) is 8.63. The topological polar surface area (TPSA) is 112 Å². The van der Waals surface area contributed by atoms with Crippen LogP contribution in [0.2, 0.25) is 10.0 Å². The molecule has 4 heterocycles. The molecule has 42 heavy (non-hydrogen) atoms. The normalized spacial score (nSPS) is 18.6. The fraction of sp³-hybridized carbons (Fsp3) is 0.387. The number of anilines is 2. The molecule has 1 amide bonds. The highest BCUT2D eigenvalue weighted by atomic mass is 35.5. The number of primary amides is 1. The number of hydrogen-bond donors (Lipinski definition) is 3. The van der Waals surface area contributed by atoms with Crippen LogP contribution in [0.5, 0.6) is 0 Å². The van der Waals surface area contributed by atoms with Crippen molar-refractivity contribution in [2.45, 2.75) is 44.2 Å². The number of hydrogen-bond acceptors (Lipinski definition) is 7. The molecule has 0 unspecified atom stereocenters. The number of nitrogens with zero attached hydrogens (tertiary/aromatic N) is 5. The number of rotatable bonds is 8. The van der Waals surface area contributed by atoms with Crippen molar-refractivity contribution in [1.82, 2.24) is 19.9 Å². The lowest BCUT2D eigenvalue weighted by atomic mass is 9.86. The van der Waals surface area contributed by atoms with Crippen LogP contribution in [0.4, 0.5) is 11.6 Å². The Morgan fingerprint density at radius 2 is 1.86 bits per heavy atom. The molecule has 0 aliphatic carbocycles. The molecule has 11 heteroatoms. The summed E-state index contributed by atoms with van der Waals surface area (Å²) in [6, 6.07) is 17.4. The smallest absolute Gasteiger partial charge is 0.237 e. The van der Waals surface area contributed by atoms with Crippen LogP contribution in [0.25, 0.3) is 28.0 Å². The van der Waals surface area contributed by atoms with E-state index < -0.39 is 5.54 Å². The van der Waals surface area contributed by atoms with E-state index in [1.54, 1.807) is 0 Å². The summed E-state index contributed by atoms with van der Waals surface area (Å²) in [6.45, 7) is 4.73. The Labute approximate surface area is 255 Å². The number of amides is 1. The van der Waals surface area contributed by atoms with Gasteiger partial charge in [0.25, 0.3) is 0 Å². The average molecular weight is 609 g/mol. The van der Waals surface area contributed by atoms with Crippen molar-refractivity contribution in [3.8, 4) is 22.4 Å². The Kier molecular flexibility index (Phi) is 8.02. The second-order valence-electron chi connectivity index (χ2n) is 11.1. The average Bonchev–Trinajstić information content (AvgIpc) is 3.63. The number of benzene rings is 2. The molecule has 1 atom stereocenters. The summed E-state index contributed by atoms with van der Waals surface area (Å²) >= 11 is 13.0. The number of carbonyl (C=O) groups excluding carboxylic acids is 1. The van der Waals surface area contributed by atoms with E-state index in [1.807, 2.05) is 60.0 Å². The maximum atomic E-state index is 12.5. The number of piperidine rings is 1. The third-order valence-corrected chi connectivity index (χ3v) is 9.21. The maximum Gasteiger partial charge on any atom is 0.237 e. The number of halogens is 2. The quantitative estimate of drug-likeness (QED) is 0.264. The van der Waals surface area contributed by atoms with Gasteiger partial charge < -0.3 is 26.0 Å². The zero-order valence-corrected chi connectivity index (χ0v) is 25.1. The molecule has 0 spiro atoms. The molecule has 2 aliphatic rings. The minimum Gasteiger partial charge on any atom is -0.394 e. The van der Waals surface area contributed by atoms with Crippen LogP contribution in [0.1, 0.15) is 32.6 Å². The van der Waals surface area contributed by atoms with Crippen molar-refractivity contribution in [2.75, 3.05) is 42.6 Å². The van der Waals surface area contributed by atoms with Crippen molar-refractivity contribution in [2.24, 2.45) is 5.73 Å². The first-order valence-corrected chi connectivity index (χ1v) is 15.2. The number of likely N-dealkylation sites (N-methyl/N-ethyl adjacent to an activating group) is 1. The molecule has 2 saturated heterocycles. The predicted octanol–water partition coefficient (Wildman–Crippen LogP) is 4.77. The van der Waals surface area contributed by atoms with E-state index >= 15 is 0 Å². The summed E-state index contributed by atoms with van der Waals surface area (Å²) in [4.78, 5) is 22.1. The van der Waals surface area contributed by atoms with Crippen LogP contribution in [-0.4, -0.2) is 70.0 Å². The van der Waals surface area contributed by atoms with Crippen LogP contribution in [0.15, 0.2) is 54.6 Å². The highest BCUT2D eigenvalue weighted by molar-refractivity contribution is 6.33. The molecular formula is C31H35Cl2N7O2. The summed E-state index contributed by atoms with van der Waals surface area (Å²) in [7, 11) is 0. The molecule has 0 saturated carbocycles. The number of nitrogens with two attached hydrogens (primary N) is 1. The van der Waals surface area contributed by atoms with Crippen LogP contribution in [0, 0.1) is 0 Å². The van der Waals surface area contributed by atoms with Gasteiger partial charge in [-0.2, -0.15) is 9.61 Å². The summed E-state index contributed by atoms with van der Waals surface area (Å²) < 4.78 is 1.89. The van der Waals surface area contributed by atoms with Gasteiger partial charge in [0.2, 0.25) is 5.91 Å². The molecule has 220 valence electrons. The number of aromatic nitrogens is 3. The first-order chi connectivity index (χ1) is 20.3. The molecule has 2 aromatic heterocycles. The van der Waals surface area contributed by atoms with Crippen molar-refractivity contribution in [1.29, 1.82) is 0 Å². The largest absolute Gasteiger partial charge is 0.394 e. The Morgan fingerprint density at radius 1 is 1.12 bits per heavy atom. The fourth-order valence-electron chi connectivity index (χ4n) is 6.38. The second kappa shape index (κ2) is 11.7. The molecule has 0 bridgehead atoms. The first kappa shape index (κ1) is 28.7. The van der Waals surface area contributed by atoms with Crippen molar-refractivity contribution in [3.05, 3.63) is 64.6 Å². The van der Waals surface area contributed by atoms with Gasteiger partial charge in [0.15, 0.2) is 5.65 Å². The van der Waals surface area contributed by atoms with Gasteiger partial charge in [0.1, 0.15) is 22.9 Å². The number of carbonyl (C=O) groups is 1. The maximum absolute atomic E-state index is 12.5. The van der Waals surface area contributed by atoms with Gasteiger partial charge in [-0.3, -0.25) is 4.79 Å². The summed E-state index contributed by atoms with van der Waals surface area (Å²) in [6.07, 6.45) is 3.03. The predicted molar refractivity (Wildman–Crippen MR) is 168 cm³/mol. The lowest BCUT2D eigenvalue weighted by Crippen LogP contribution is -2.61. The van der Waals surface area contributed by atoms with Crippen LogP contribution >= 0.6 is 23.2 Å². The first-order valence-electron chi connectivity index (χ1n) is 14.5. The number of aliphatic hydroxyl groups excluding tert-OH is 1. The van der Waals surface area contributed by atoms with Crippen LogP contribution in [-0.2, 0) is 4.79 Å². The summed E-state index contributed by atoms with van der Waals surface area (Å²) in [5.41, 5.74) is 9.10. The Balaban J connectivity index is 1.57. The van der Waals surface area contributed by atoms with Gasteiger partial charge in [-0.05, 0) is 56.0 Å². The molecule has 2 aromatic carbocycles. The molecule has 2 aliphatic heterocycles. The SMILES string of the molecule is CCNC1(C(N)=O)CCN(c2cc(N3CCC[C@H]3CO)nc3c(-c4ccc(Cl)cc4)c(-c4ccccc4Cl)nn23)CC1. The molecule has 9 nitrogen and oxygen atoms in total. The van der Waals surface area contributed by atoms with E-state index in [0.717, 1.165) is 47.7 Å².